The highest BCUT2D eigenvalue weighted by Gasteiger charge is 2.08. The molecule has 0 bridgehead atoms. The Kier molecular flexibility index (Phi) is 4.57. The van der Waals surface area contributed by atoms with E-state index in [1.165, 1.54) is 0 Å². The monoisotopic (exact) mass is 278 g/mol. The van der Waals surface area contributed by atoms with Crippen molar-refractivity contribution in [2.75, 3.05) is 0 Å². The van der Waals surface area contributed by atoms with Gasteiger partial charge in [0.2, 0.25) is 12.2 Å². The summed E-state index contributed by atoms with van der Waals surface area (Å²) >= 11 is 0. The van der Waals surface area contributed by atoms with E-state index in [4.69, 9.17) is 0 Å². The molecule has 0 fully saturated rings. The average molecular weight is 278 g/mol. The minimum atomic E-state index is 0.532. The molecule has 2 aromatic carbocycles. The van der Waals surface area contributed by atoms with E-state index >= 15 is 0 Å². The predicted molar refractivity (Wildman–Crippen MR) is 80.7 cm³/mol. The van der Waals surface area contributed by atoms with Crippen LogP contribution in [0.4, 0.5) is 11.4 Å². The van der Waals surface area contributed by atoms with Gasteiger partial charge in [-0.3, -0.25) is 0 Å². The number of aliphatic imine (C=N–C) groups is 2. The van der Waals surface area contributed by atoms with Crippen LogP contribution in [0.1, 0.15) is 22.3 Å². The molecule has 4 nitrogen and oxygen atoms in total. The average Bonchev–Trinajstić information content (AvgIpc) is 2.45. The molecule has 4 heteroatoms. The van der Waals surface area contributed by atoms with Crippen molar-refractivity contribution in [2.45, 2.75) is 20.3 Å². The lowest BCUT2D eigenvalue weighted by Gasteiger charge is -2.09. The minimum absolute atomic E-state index is 0.532. The number of hydrogen-bond donors (Lipinski definition) is 0. The first-order chi connectivity index (χ1) is 10.1. The van der Waals surface area contributed by atoms with Crippen molar-refractivity contribution < 1.29 is 9.59 Å². The fourth-order valence-corrected chi connectivity index (χ4v) is 2.23. The topological polar surface area (TPSA) is 58.9 Å². The van der Waals surface area contributed by atoms with Gasteiger partial charge in [-0.25, -0.2) is 9.59 Å². The summed E-state index contributed by atoms with van der Waals surface area (Å²) in [5.74, 6) is 0. The van der Waals surface area contributed by atoms with E-state index in [9.17, 15) is 9.59 Å². The van der Waals surface area contributed by atoms with Crippen molar-refractivity contribution in [1.82, 2.24) is 0 Å². The second-order valence-corrected chi connectivity index (χ2v) is 4.85. The molecular weight excluding hydrogens is 264 g/mol. The smallest absolute Gasteiger partial charge is 0.211 e. The van der Waals surface area contributed by atoms with Crippen molar-refractivity contribution in [3.8, 4) is 0 Å². The lowest BCUT2D eigenvalue weighted by molar-refractivity contribution is 0.564. The molecule has 21 heavy (non-hydrogen) atoms. The molecule has 0 heterocycles. The number of carbonyl (C=O) groups excluding carboxylic acids is 2. The van der Waals surface area contributed by atoms with Gasteiger partial charge in [0, 0.05) is 6.42 Å². The summed E-state index contributed by atoms with van der Waals surface area (Å²) < 4.78 is 0. The number of benzene rings is 2. The Hall–Kier alpha value is -2.80. The fourth-order valence-electron chi connectivity index (χ4n) is 2.23. The third kappa shape index (κ3) is 3.61. The number of nitrogens with zero attached hydrogens (tertiary/aromatic N) is 2. The Morgan fingerprint density at radius 2 is 1.24 bits per heavy atom. The van der Waals surface area contributed by atoms with Crippen LogP contribution in [-0.2, 0) is 16.0 Å². The summed E-state index contributed by atoms with van der Waals surface area (Å²) in [7, 11) is 0. The van der Waals surface area contributed by atoms with Crippen molar-refractivity contribution >= 4 is 23.5 Å². The summed E-state index contributed by atoms with van der Waals surface area (Å²) in [5, 5.41) is 0. The summed E-state index contributed by atoms with van der Waals surface area (Å²) in [6, 6.07) is 11.3. The quantitative estimate of drug-likeness (QED) is 0.630. The fraction of sp³-hybridized carbons (Fsp3) is 0.176. The van der Waals surface area contributed by atoms with Gasteiger partial charge in [0.1, 0.15) is 0 Å². The van der Waals surface area contributed by atoms with Crippen molar-refractivity contribution in [2.24, 2.45) is 9.98 Å². The summed E-state index contributed by atoms with van der Waals surface area (Å²) in [4.78, 5) is 28.5. The molecule has 2 aromatic rings. The maximum atomic E-state index is 10.5. The molecule has 0 unspecified atom stereocenters. The molecule has 0 saturated carbocycles. The van der Waals surface area contributed by atoms with E-state index in [0.717, 1.165) is 22.3 Å². The standard InChI is InChI=1S/C17H14N2O2/c1-12-3-5-16(18-10-20)14(7-12)9-15-8-13(2)4-6-17(15)19-11-21/h3-8H,9H2,1-2H3. The SMILES string of the molecule is Cc1ccc(N=C=O)c(Cc2cc(C)ccc2N=C=O)c1. The van der Waals surface area contributed by atoms with E-state index in [0.29, 0.717) is 17.8 Å². The molecule has 0 N–H and O–H groups in total. The molecular formula is C17H14N2O2. The second-order valence-electron chi connectivity index (χ2n) is 4.85. The number of hydrogen-bond acceptors (Lipinski definition) is 4. The molecule has 104 valence electrons. The van der Waals surface area contributed by atoms with Crippen molar-refractivity contribution in [1.29, 1.82) is 0 Å². The lowest BCUT2D eigenvalue weighted by Crippen LogP contribution is -1.92. The van der Waals surface area contributed by atoms with Crippen molar-refractivity contribution in [3.63, 3.8) is 0 Å². The summed E-state index contributed by atoms with van der Waals surface area (Å²) in [5.41, 5.74) is 5.10. The van der Waals surface area contributed by atoms with E-state index in [2.05, 4.69) is 9.98 Å². The van der Waals surface area contributed by atoms with Crippen molar-refractivity contribution in [3.05, 3.63) is 58.7 Å². The number of isocyanates is 2. The van der Waals surface area contributed by atoms with Gasteiger partial charge in [-0.1, -0.05) is 35.4 Å². The van der Waals surface area contributed by atoms with E-state index in [1.54, 1.807) is 24.3 Å². The maximum absolute atomic E-state index is 10.5. The lowest BCUT2D eigenvalue weighted by atomic mass is 9.98. The van der Waals surface area contributed by atoms with Crippen LogP contribution in [0.25, 0.3) is 0 Å². The van der Waals surface area contributed by atoms with Crippen LogP contribution in [-0.4, -0.2) is 12.2 Å². The Morgan fingerprint density at radius 1 is 0.810 bits per heavy atom. The van der Waals surface area contributed by atoms with Crippen LogP contribution in [0.3, 0.4) is 0 Å². The largest absolute Gasteiger partial charge is 0.240 e. The summed E-state index contributed by atoms with van der Waals surface area (Å²) in [6.45, 7) is 3.94. The molecule has 0 spiro atoms. The van der Waals surface area contributed by atoms with Crippen LogP contribution in [0.15, 0.2) is 46.4 Å². The van der Waals surface area contributed by atoms with Gasteiger partial charge in [-0.05, 0) is 37.1 Å². The third-order valence-electron chi connectivity index (χ3n) is 3.18. The van der Waals surface area contributed by atoms with Crippen LogP contribution < -0.4 is 0 Å². The van der Waals surface area contributed by atoms with Crippen LogP contribution in [0.5, 0.6) is 0 Å². The molecule has 0 amide bonds. The zero-order chi connectivity index (χ0) is 15.2. The number of rotatable bonds is 4. The molecule has 0 saturated heterocycles. The van der Waals surface area contributed by atoms with Gasteiger partial charge in [0.25, 0.3) is 0 Å². The van der Waals surface area contributed by atoms with Gasteiger partial charge in [-0.15, -0.1) is 0 Å². The van der Waals surface area contributed by atoms with Gasteiger partial charge >= 0.3 is 0 Å². The maximum Gasteiger partial charge on any atom is 0.240 e. The minimum Gasteiger partial charge on any atom is -0.211 e. The normalized spacial score (nSPS) is 9.62. The zero-order valence-corrected chi connectivity index (χ0v) is 11.9. The molecule has 2 rings (SSSR count). The highest BCUT2D eigenvalue weighted by molar-refractivity contribution is 5.60. The summed E-state index contributed by atoms with van der Waals surface area (Å²) in [6.07, 6.45) is 3.67. The highest BCUT2D eigenvalue weighted by Crippen LogP contribution is 2.28. The molecule has 0 aliphatic carbocycles. The van der Waals surface area contributed by atoms with E-state index in [1.807, 2.05) is 38.1 Å². The van der Waals surface area contributed by atoms with Gasteiger partial charge in [-0.2, -0.15) is 9.98 Å². The first-order valence-electron chi connectivity index (χ1n) is 6.49. The second kappa shape index (κ2) is 6.58. The first-order valence-corrected chi connectivity index (χ1v) is 6.49. The van der Waals surface area contributed by atoms with E-state index < -0.39 is 0 Å². The van der Waals surface area contributed by atoms with Crippen LogP contribution in [0.2, 0.25) is 0 Å². The van der Waals surface area contributed by atoms with Gasteiger partial charge in [0.15, 0.2) is 0 Å². The Balaban J connectivity index is 2.51. The third-order valence-corrected chi connectivity index (χ3v) is 3.18. The van der Waals surface area contributed by atoms with Gasteiger partial charge in [0.05, 0.1) is 11.4 Å². The van der Waals surface area contributed by atoms with Crippen LogP contribution in [0, 0.1) is 13.8 Å². The molecule has 0 atom stereocenters. The zero-order valence-electron chi connectivity index (χ0n) is 11.9. The molecule has 0 aliphatic heterocycles. The Labute approximate surface area is 122 Å². The molecule has 0 aliphatic rings. The first kappa shape index (κ1) is 14.6. The van der Waals surface area contributed by atoms with E-state index in [-0.39, 0.29) is 0 Å². The van der Waals surface area contributed by atoms with Gasteiger partial charge < -0.3 is 0 Å². The highest BCUT2D eigenvalue weighted by atomic mass is 16.1. The Bertz CT molecular complexity index is 703. The predicted octanol–water partition coefficient (Wildman–Crippen LogP) is 3.83. The Morgan fingerprint density at radius 3 is 1.62 bits per heavy atom. The molecule has 0 aromatic heterocycles. The van der Waals surface area contributed by atoms with Crippen LogP contribution >= 0.6 is 0 Å². The molecule has 0 radical (unpaired) electrons. The number of aryl methyl sites for hydroxylation is 2.